The van der Waals surface area contributed by atoms with E-state index in [1.807, 2.05) is 0 Å². The van der Waals surface area contributed by atoms with Crippen molar-refractivity contribution in [1.29, 1.82) is 0 Å². The fourth-order valence-electron chi connectivity index (χ4n) is 4.50. The van der Waals surface area contributed by atoms with E-state index in [1.54, 1.807) is 20.0 Å². The number of hydrogen-bond acceptors (Lipinski definition) is 5. The van der Waals surface area contributed by atoms with Crippen LogP contribution in [0.25, 0.3) is 17.0 Å². The predicted molar refractivity (Wildman–Crippen MR) is 124 cm³/mol. The largest absolute Gasteiger partial charge is 0.573 e. The number of hydrogen-bond donors (Lipinski definition) is 1. The van der Waals surface area contributed by atoms with E-state index >= 15 is 0 Å². The number of benzene rings is 2. The van der Waals surface area contributed by atoms with Gasteiger partial charge >= 0.3 is 6.36 Å². The number of ether oxygens (including phenoxy) is 1. The molecule has 0 saturated carbocycles. The average molecular weight is 516 g/mol. The summed E-state index contributed by atoms with van der Waals surface area (Å²) in [6.45, 7) is 1.61. The van der Waals surface area contributed by atoms with E-state index in [0.717, 1.165) is 4.68 Å². The molecule has 0 radical (unpaired) electrons. The Labute approximate surface area is 207 Å². The van der Waals surface area contributed by atoms with Crippen molar-refractivity contribution in [3.8, 4) is 22.8 Å². The van der Waals surface area contributed by atoms with Crippen molar-refractivity contribution in [2.75, 3.05) is 5.32 Å². The van der Waals surface area contributed by atoms with Crippen LogP contribution in [0.1, 0.15) is 33.7 Å². The normalized spacial score (nSPS) is 13.0. The Morgan fingerprint density at radius 2 is 1.92 bits per heavy atom. The minimum atomic E-state index is -4.82. The molecule has 37 heavy (non-hydrogen) atoms. The highest BCUT2D eigenvalue weighted by Crippen LogP contribution is 2.37. The number of carbonyl (C=O) groups excluding carboxylic acids is 1. The molecule has 2 heterocycles. The maximum Gasteiger partial charge on any atom is 0.573 e. The fraction of sp³-hybridized carbons (Fsp3) is 0.240. The van der Waals surface area contributed by atoms with Crippen molar-refractivity contribution in [2.45, 2.75) is 32.5 Å². The molecule has 2 aromatic carbocycles. The minimum absolute atomic E-state index is 0.0272. The Balaban J connectivity index is 1.48. The topological polar surface area (TPSA) is 91.3 Å². The molecular weight excluding hydrogens is 496 g/mol. The maximum absolute atomic E-state index is 14.4. The molecule has 4 aromatic rings. The molecule has 0 saturated heterocycles. The molecule has 0 bridgehead atoms. The summed E-state index contributed by atoms with van der Waals surface area (Å²) in [6, 6.07) is 9.65. The number of amides is 1. The highest BCUT2D eigenvalue weighted by molar-refractivity contribution is 6.05. The van der Waals surface area contributed by atoms with Gasteiger partial charge in [-0.3, -0.25) is 14.3 Å². The molecule has 1 aliphatic rings. The van der Waals surface area contributed by atoms with Gasteiger partial charge in [0, 0.05) is 18.2 Å². The van der Waals surface area contributed by atoms with E-state index in [4.69, 9.17) is 4.52 Å². The molecule has 0 aliphatic heterocycles. The van der Waals surface area contributed by atoms with Crippen molar-refractivity contribution in [1.82, 2.24) is 14.5 Å². The zero-order chi connectivity index (χ0) is 26.5. The Morgan fingerprint density at radius 1 is 1.16 bits per heavy atom. The third kappa shape index (κ3) is 4.39. The first-order valence-corrected chi connectivity index (χ1v) is 11.3. The monoisotopic (exact) mass is 516 g/mol. The number of carbonyl (C=O) groups is 1. The summed E-state index contributed by atoms with van der Waals surface area (Å²) in [5.74, 6) is -1.38. The molecule has 1 N–H and O–H groups in total. The van der Waals surface area contributed by atoms with Gasteiger partial charge in [-0.05, 0) is 62.1 Å². The van der Waals surface area contributed by atoms with Crippen molar-refractivity contribution in [2.24, 2.45) is 7.05 Å². The molecule has 0 unspecified atom stereocenters. The first kappa shape index (κ1) is 24.3. The van der Waals surface area contributed by atoms with Gasteiger partial charge in [-0.1, -0.05) is 17.3 Å². The van der Waals surface area contributed by atoms with Crippen LogP contribution in [0.3, 0.4) is 0 Å². The summed E-state index contributed by atoms with van der Waals surface area (Å²) < 4.78 is 64.2. The van der Waals surface area contributed by atoms with Gasteiger partial charge in [-0.2, -0.15) is 0 Å². The van der Waals surface area contributed by atoms with Gasteiger partial charge in [-0.15, -0.1) is 13.2 Å². The summed E-state index contributed by atoms with van der Waals surface area (Å²) in [5.41, 5.74) is 1.24. The molecule has 0 spiro atoms. The van der Waals surface area contributed by atoms with Gasteiger partial charge in [0.15, 0.2) is 11.5 Å². The fourth-order valence-corrected chi connectivity index (χ4v) is 4.50. The SMILES string of the molecule is Cc1c(NC(=O)c2noc3c2CCCc2cc(OC(F)(F)F)ccc2-3)c(=O)n(-c2ccccc2F)n1C. The van der Waals surface area contributed by atoms with Crippen molar-refractivity contribution in [3.63, 3.8) is 0 Å². The standard InChI is InChI=1S/C25H20F4N4O4/c1-13-20(24(35)33(32(13)2)19-9-4-3-8-18(19)26)30-23(34)21-17-7-5-6-14-12-15(36-25(27,28)29)10-11-16(14)22(17)37-31-21/h3-4,8-12H,5-7H2,1-2H3,(H,30,34). The molecule has 1 amide bonds. The maximum atomic E-state index is 14.4. The quantitative estimate of drug-likeness (QED) is 0.389. The van der Waals surface area contributed by atoms with Crippen LogP contribution in [-0.4, -0.2) is 26.8 Å². The number of anilines is 1. The minimum Gasteiger partial charge on any atom is -0.406 e. The lowest BCUT2D eigenvalue weighted by Gasteiger charge is -2.11. The van der Waals surface area contributed by atoms with E-state index in [0.29, 0.717) is 41.6 Å². The first-order chi connectivity index (χ1) is 17.5. The van der Waals surface area contributed by atoms with Gasteiger partial charge in [0.25, 0.3) is 11.5 Å². The highest BCUT2D eigenvalue weighted by atomic mass is 19.4. The second-order valence-corrected chi connectivity index (χ2v) is 8.57. The average Bonchev–Trinajstić information content (AvgIpc) is 3.27. The van der Waals surface area contributed by atoms with Gasteiger partial charge in [-0.25, -0.2) is 9.07 Å². The predicted octanol–water partition coefficient (Wildman–Crippen LogP) is 4.92. The third-order valence-corrected chi connectivity index (χ3v) is 6.30. The summed E-state index contributed by atoms with van der Waals surface area (Å²) >= 11 is 0. The van der Waals surface area contributed by atoms with Crippen LogP contribution in [-0.2, 0) is 19.9 Å². The van der Waals surface area contributed by atoms with E-state index in [9.17, 15) is 27.2 Å². The lowest BCUT2D eigenvalue weighted by atomic mass is 10.0. The number of fused-ring (bicyclic) bond motifs is 3. The van der Waals surface area contributed by atoms with Crippen LogP contribution in [0.2, 0.25) is 0 Å². The highest BCUT2D eigenvalue weighted by Gasteiger charge is 2.32. The number of nitrogens with one attached hydrogen (secondary N) is 1. The van der Waals surface area contributed by atoms with Gasteiger partial charge in [0.05, 0.1) is 5.69 Å². The number of para-hydroxylation sites is 1. The van der Waals surface area contributed by atoms with E-state index in [-0.39, 0.29) is 28.6 Å². The summed E-state index contributed by atoms with van der Waals surface area (Å²) in [5, 5.41) is 6.48. The van der Waals surface area contributed by atoms with E-state index < -0.39 is 23.6 Å². The second-order valence-electron chi connectivity index (χ2n) is 8.57. The van der Waals surface area contributed by atoms with E-state index in [2.05, 4.69) is 15.2 Å². The Bertz CT molecular complexity index is 1580. The van der Waals surface area contributed by atoms with Gasteiger partial charge in [0.1, 0.15) is 22.9 Å². The molecule has 5 rings (SSSR count). The third-order valence-electron chi connectivity index (χ3n) is 6.30. The van der Waals surface area contributed by atoms with E-state index in [1.165, 1.54) is 41.1 Å². The number of alkyl halides is 3. The number of halogens is 4. The van der Waals surface area contributed by atoms with Crippen LogP contribution in [0.4, 0.5) is 23.2 Å². The molecule has 0 fully saturated rings. The zero-order valence-corrected chi connectivity index (χ0v) is 19.6. The zero-order valence-electron chi connectivity index (χ0n) is 19.6. The van der Waals surface area contributed by atoms with Gasteiger partial charge in [0.2, 0.25) is 0 Å². The summed E-state index contributed by atoms with van der Waals surface area (Å²) in [6.07, 6.45) is -3.50. The van der Waals surface area contributed by atoms with Crippen LogP contribution in [0.5, 0.6) is 5.75 Å². The second kappa shape index (κ2) is 8.95. The van der Waals surface area contributed by atoms with Crippen LogP contribution < -0.4 is 15.6 Å². The lowest BCUT2D eigenvalue weighted by Crippen LogP contribution is -2.24. The molecule has 2 aromatic heterocycles. The molecule has 8 nitrogen and oxygen atoms in total. The smallest absolute Gasteiger partial charge is 0.406 e. The van der Waals surface area contributed by atoms with Crippen LogP contribution >= 0.6 is 0 Å². The van der Waals surface area contributed by atoms with Crippen LogP contribution in [0, 0.1) is 12.7 Å². The number of aryl methyl sites for hydroxylation is 1. The number of nitrogens with zero attached hydrogens (tertiary/aromatic N) is 3. The number of aromatic nitrogens is 3. The summed E-state index contributed by atoms with van der Waals surface area (Å²) in [7, 11) is 1.56. The van der Waals surface area contributed by atoms with Gasteiger partial charge < -0.3 is 14.6 Å². The molecule has 192 valence electrons. The molecule has 0 atom stereocenters. The molecule has 1 aliphatic carbocycles. The summed E-state index contributed by atoms with van der Waals surface area (Å²) in [4.78, 5) is 26.3. The van der Waals surface area contributed by atoms with Crippen molar-refractivity contribution < 1.29 is 31.6 Å². The lowest BCUT2D eigenvalue weighted by molar-refractivity contribution is -0.274. The Kier molecular flexibility index (Phi) is 5.89. The van der Waals surface area contributed by atoms with Crippen molar-refractivity contribution in [3.05, 3.63) is 81.2 Å². The van der Waals surface area contributed by atoms with Crippen molar-refractivity contribution >= 4 is 11.6 Å². The van der Waals surface area contributed by atoms with Crippen LogP contribution in [0.15, 0.2) is 51.8 Å². The molecule has 12 heteroatoms. The number of rotatable bonds is 4. The molecular formula is C25H20F4N4O4. The Hall–Kier alpha value is -4.35. The Morgan fingerprint density at radius 3 is 2.65 bits per heavy atom. The first-order valence-electron chi connectivity index (χ1n) is 11.3.